The summed E-state index contributed by atoms with van der Waals surface area (Å²) in [5, 5.41) is 0. The Kier molecular flexibility index (Phi) is 2.28. The highest BCUT2D eigenvalue weighted by molar-refractivity contribution is 7.82. The van der Waals surface area contributed by atoms with Gasteiger partial charge in [-0.2, -0.15) is 16.8 Å². The number of rotatable bonds is 0. The van der Waals surface area contributed by atoms with Crippen molar-refractivity contribution in [2.24, 2.45) is 5.92 Å². The molecule has 8 nitrogen and oxygen atoms in total. The molecule has 2 aliphatic heterocycles. The van der Waals surface area contributed by atoms with E-state index in [0.29, 0.717) is 0 Å². The molecule has 2 saturated heterocycles. The molecular weight excluding hydrogens is 240 g/mol. The summed E-state index contributed by atoms with van der Waals surface area (Å²) in [4.78, 5) is 0. The van der Waals surface area contributed by atoms with Crippen LogP contribution in [0.2, 0.25) is 0 Å². The second kappa shape index (κ2) is 3.12. The summed E-state index contributed by atoms with van der Waals surface area (Å²) >= 11 is 0. The maximum Gasteiger partial charge on any atom is 0.402 e. The van der Waals surface area contributed by atoms with E-state index >= 15 is 0 Å². The van der Waals surface area contributed by atoms with Crippen molar-refractivity contribution in [1.82, 2.24) is 0 Å². The Labute approximate surface area is 80.4 Å². The lowest BCUT2D eigenvalue weighted by molar-refractivity contribution is -0.120. The van der Waals surface area contributed by atoms with Crippen LogP contribution in [-0.2, 0) is 37.5 Å². The number of hydrogen-bond donors (Lipinski definition) is 0. The van der Waals surface area contributed by atoms with E-state index in [2.05, 4.69) is 16.7 Å². The van der Waals surface area contributed by atoms with E-state index in [1.54, 1.807) is 0 Å². The molecule has 2 rings (SSSR count). The van der Waals surface area contributed by atoms with Gasteiger partial charge in [0.1, 0.15) is 0 Å². The second-order valence-electron chi connectivity index (χ2n) is 2.71. The molecule has 10 heteroatoms. The summed E-state index contributed by atoms with van der Waals surface area (Å²) in [5.74, 6) is -0.568. The molecule has 0 spiro atoms. The van der Waals surface area contributed by atoms with Crippen molar-refractivity contribution in [2.45, 2.75) is 6.29 Å². The zero-order valence-electron chi connectivity index (χ0n) is 6.65. The topological polar surface area (TPSA) is 105 Å². The standard InChI is InChI=1S/C4H6O8S2/c5-13(6)9-1-3-2-10-14(7,8)12-4(3)11-13/h3-4H,1-2H2. The lowest BCUT2D eigenvalue weighted by atomic mass is 10.2. The van der Waals surface area contributed by atoms with Gasteiger partial charge in [0.15, 0.2) is 0 Å². The highest BCUT2D eigenvalue weighted by atomic mass is 32.3. The Morgan fingerprint density at radius 2 is 1.29 bits per heavy atom. The quantitative estimate of drug-likeness (QED) is 0.509. The van der Waals surface area contributed by atoms with Crippen LogP contribution in [0.4, 0.5) is 0 Å². The molecule has 0 atom stereocenters. The Balaban J connectivity index is 2.19. The molecular formula is C4H6O8S2. The molecule has 0 amide bonds. The van der Waals surface area contributed by atoms with Crippen LogP contribution < -0.4 is 0 Å². The van der Waals surface area contributed by atoms with Crippen molar-refractivity contribution in [2.75, 3.05) is 13.2 Å². The molecule has 0 radical (unpaired) electrons. The van der Waals surface area contributed by atoms with Crippen LogP contribution in [0.5, 0.6) is 0 Å². The largest absolute Gasteiger partial charge is 0.402 e. The first-order chi connectivity index (χ1) is 6.38. The van der Waals surface area contributed by atoms with Crippen molar-refractivity contribution in [3.63, 3.8) is 0 Å². The van der Waals surface area contributed by atoms with E-state index in [9.17, 15) is 16.8 Å². The van der Waals surface area contributed by atoms with Crippen molar-refractivity contribution >= 4 is 20.8 Å². The molecule has 2 fully saturated rings. The predicted molar refractivity (Wildman–Crippen MR) is 39.2 cm³/mol. The highest BCUT2D eigenvalue weighted by Gasteiger charge is 2.43. The Morgan fingerprint density at radius 1 is 0.857 bits per heavy atom. The molecule has 2 aliphatic rings. The Morgan fingerprint density at radius 3 is 1.71 bits per heavy atom. The average molecular weight is 246 g/mol. The fourth-order valence-corrected chi connectivity index (χ4v) is 2.71. The third-order valence-electron chi connectivity index (χ3n) is 1.66. The molecule has 82 valence electrons. The normalized spacial score (nSPS) is 40.0. The van der Waals surface area contributed by atoms with Gasteiger partial charge in [0.05, 0.1) is 19.1 Å². The summed E-state index contributed by atoms with van der Waals surface area (Å²) in [7, 11) is -8.30. The summed E-state index contributed by atoms with van der Waals surface area (Å²) < 4.78 is 60.2. The van der Waals surface area contributed by atoms with Crippen LogP contribution in [0.15, 0.2) is 0 Å². The van der Waals surface area contributed by atoms with Crippen LogP contribution in [0.1, 0.15) is 0 Å². The minimum Gasteiger partial charge on any atom is -0.248 e. The van der Waals surface area contributed by atoms with E-state index in [1.165, 1.54) is 0 Å². The first kappa shape index (κ1) is 10.3. The summed E-state index contributed by atoms with van der Waals surface area (Å²) in [6.45, 7) is -0.439. The van der Waals surface area contributed by atoms with E-state index < -0.39 is 33.0 Å². The summed E-state index contributed by atoms with van der Waals surface area (Å²) in [6, 6.07) is 0. The van der Waals surface area contributed by atoms with Gasteiger partial charge in [-0.1, -0.05) is 0 Å². The molecule has 2 heterocycles. The molecule has 0 aromatic heterocycles. The SMILES string of the molecule is O=S1(=O)OCC2COS(=O)(=O)OC2O1. The molecule has 0 aromatic carbocycles. The van der Waals surface area contributed by atoms with E-state index in [-0.39, 0.29) is 13.2 Å². The van der Waals surface area contributed by atoms with Gasteiger partial charge in [-0.3, -0.25) is 0 Å². The molecule has 0 unspecified atom stereocenters. The minimum atomic E-state index is -4.15. The van der Waals surface area contributed by atoms with Gasteiger partial charge < -0.3 is 0 Å². The van der Waals surface area contributed by atoms with E-state index in [4.69, 9.17) is 0 Å². The van der Waals surface area contributed by atoms with Gasteiger partial charge in [-0.05, 0) is 0 Å². The molecule has 0 aliphatic carbocycles. The van der Waals surface area contributed by atoms with Crippen molar-refractivity contribution in [1.29, 1.82) is 0 Å². The predicted octanol–water partition coefficient (Wildman–Crippen LogP) is -1.49. The maximum atomic E-state index is 10.8. The molecule has 0 bridgehead atoms. The first-order valence-electron chi connectivity index (χ1n) is 3.53. The molecule has 0 aromatic rings. The van der Waals surface area contributed by atoms with Crippen LogP contribution in [0.3, 0.4) is 0 Å². The summed E-state index contributed by atoms with van der Waals surface area (Å²) in [6.07, 6.45) is -1.38. The average Bonchev–Trinajstić information content (AvgIpc) is 1.99. The van der Waals surface area contributed by atoms with Crippen LogP contribution in [0, 0.1) is 5.92 Å². The lowest BCUT2D eigenvalue weighted by Gasteiger charge is -2.32. The van der Waals surface area contributed by atoms with Crippen LogP contribution in [-0.4, -0.2) is 36.3 Å². The Hall–Kier alpha value is -0.260. The monoisotopic (exact) mass is 246 g/mol. The zero-order chi connectivity index (χ0) is 10.4. The van der Waals surface area contributed by atoms with Crippen molar-refractivity contribution in [3.05, 3.63) is 0 Å². The van der Waals surface area contributed by atoms with E-state index in [1.807, 2.05) is 0 Å². The molecule has 14 heavy (non-hydrogen) atoms. The number of hydrogen-bond acceptors (Lipinski definition) is 8. The van der Waals surface area contributed by atoms with Gasteiger partial charge in [0.2, 0.25) is 6.29 Å². The lowest BCUT2D eigenvalue weighted by Crippen LogP contribution is -2.46. The molecule has 0 N–H and O–H groups in total. The first-order valence-corrected chi connectivity index (χ1v) is 6.20. The maximum absolute atomic E-state index is 10.8. The third-order valence-corrected chi connectivity index (χ3v) is 3.36. The fraction of sp³-hybridized carbons (Fsp3) is 1.00. The van der Waals surface area contributed by atoms with Crippen LogP contribution in [0.25, 0.3) is 0 Å². The van der Waals surface area contributed by atoms with E-state index in [0.717, 1.165) is 0 Å². The fourth-order valence-electron chi connectivity index (χ4n) is 1.01. The highest BCUT2D eigenvalue weighted by Crippen LogP contribution is 2.27. The number of fused-ring (bicyclic) bond motifs is 1. The van der Waals surface area contributed by atoms with Gasteiger partial charge in [-0.25, -0.2) is 16.7 Å². The van der Waals surface area contributed by atoms with Gasteiger partial charge in [-0.15, -0.1) is 0 Å². The third kappa shape index (κ3) is 2.04. The zero-order valence-corrected chi connectivity index (χ0v) is 8.28. The minimum absolute atomic E-state index is 0.220. The van der Waals surface area contributed by atoms with Gasteiger partial charge in [0.25, 0.3) is 0 Å². The second-order valence-corrected chi connectivity index (χ2v) is 5.20. The van der Waals surface area contributed by atoms with Gasteiger partial charge >= 0.3 is 20.8 Å². The van der Waals surface area contributed by atoms with Gasteiger partial charge in [0, 0.05) is 0 Å². The molecule has 0 saturated carbocycles. The summed E-state index contributed by atoms with van der Waals surface area (Å²) in [5.41, 5.74) is 0. The Bertz CT molecular complexity index is 380. The van der Waals surface area contributed by atoms with Crippen molar-refractivity contribution < 1.29 is 33.6 Å². The smallest absolute Gasteiger partial charge is 0.248 e. The van der Waals surface area contributed by atoms with Crippen LogP contribution >= 0.6 is 0 Å². The van der Waals surface area contributed by atoms with Crippen molar-refractivity contribution in [3.8, 4) is 0 Å².